The largest absolute Gasteiger partial charge is 0.480 e. The first-order chi connectivity index (χ1) is 7.61. The van der Waals surface area contributed by atoms with Gasteiger partial charge >= 0.3 is 12.0 Å². The molecule has 3 N–H and O–H groups in total. The second kappa shape index (κ2) is 5.69. The molecular formula is C8H13N5O3. The lowest BCUT2D eigenvalue weighted by atomic mass is 10.5. The summed E-state index contributed by atoms with van der Waals surface area (Å²) >= 11 is 0. The van der Waals surface area contributed by atoms with Crippen LogP contribution in [0.25, 0.3) is 0 Å². The minimum Gasteiger partial charge on any atom is -0.480 e. The highest BCUT2D eigenvalue weighted by Crippen LogP contribution is 1.92. The second-order valence-corrected chi connectivity index (χ2v) is 3.01. The molecule has 8 nitrogen and oxygen atoms in total. The third-order valence-electron chi connectivity index (χ3n) is 1.65. The molecule has 16 heavy (non-hydrogen) atoms. The van der Waals surface area contributed by atoms with Gasteiger partial charge in [-0.15, -0.1) is 5.10 Å². The number of aliphatic carboxylic acids is 1. The van der Waals surface area contributed by atoms with Crippen molar-refractivity contribution in [3.63, 3.8) is 0 Å². The Labute approximate surface area is 91.6 Å². The van der Waals surface area contributed by atoms with Crippen molar-refractivity contribution in [3.05, 3.63) is 11.9 Å². The van der Waals surface area contributed by atoms with Gasteiger partial charge < -0.3 is 15.7 Å². The van der Waals surface area contributed by atoms with E-state index in [0.29, 0.717) is 12.2 Å². The van der Waals surface area contributed by atoms with E-state index in [1.807, 2.05) is 6.92 Å². The van der Waals surface area contributed by atoms with Gasteiger partial charge in [-0.2, -0.15) is 0 Å². The Kier molecular flexibility index (Phi) is 4.25. The van der Waals surface area contributed by atoms with Gasteiger partial charge in [-0.3, -0.25) is 4.79 Å². The maximum Gasteiger partial charge on any atom is 0.325 e. The number of hydrogen-bond acceptors (Lipinski definition) is 4. The smallest absolute Gasteiger partial charge is 0.325 e. The van der Waals surface area contributed by atoms with E-state index in [1.54, 1.807) is 0 Å². The third kappa shape index (κ3) is 3.95. The van der Waals surface area contributed by atoms with E-state index < -0.39 is 5.97 Å². The molecule has 1 heterocycles. The monoisotopic (exact) mass is 227 g/mol. The van der Waals surface area contributed by atoms with Crippen LogP contribution in [0.4, 0.5) is 4.79 Å². The molecule has 0 bridgehead atoms. The molecule has 0 atom stereocenters. The molecule has 0 aromatic carbocycles. The number of urea groups is 1. The Bertz CT molecular complexity index is 376. The zero-order valence-corrected chi connectivity index (χ0v) is 8.80. The van der Waals surface area contributed by atoms with Crippen molar-refractivity contribution in [2.75, 3.05) is 6.54 Å². The molecule has 0 aliphatic carbocycles. The average Bonchev–Trinajstić information content (AvgIpc) is 2.62. The number of carboxylic acid groups (broad SMARTS) is 1. The predicted molar refractivity (Wildman–Crippen MR) is 53.6 cm³/mol. The quantitative estimate of drug-likeness (QED) is 0.609. The molecule has 0 radical (unpaired) electrons. The fraction of sp³-hybridized carbons (Fsp3) is 0.500. The van der Waals surface area contributed by atoms with Crippen molar-refractivity contribution >= 4 is 12.0 Å². The molecule has 8 heteroatoms. The van der Waals surface area contributed by atoms with E-state index in [0.717, 1.165) is 0 Å². The molecule has 1 aromatic heterocycles. The van der Waals surface area contributed by atoms with Gasteiger partial charge in [0.25, 0.3) is 0 Å². The summed E-state index contributed by atoms with van der Waals surface area (Å²) in [7, 11) is 0. The van der Waals surface area contributed by atoms with Crippen molar-refractivity contribution in [2.24, 2.45) is 0 Å². The molecule has 0 spiro atoms. The van der Waals surface area contributed by atoms with E-state index in [2.05, 4.69) is 20.9 Å². The maximum atomic E-state index is 11.0. The summed E-state index contributed by atoms with van der Waals surface area (Å²) in [5.74, 6) is -0.992. The number of amides is 2. The van der Waals surface area contributed by atoms with Crippen LogP contribution in [0.1, 0.15) is 12.6 Å². The molecule has 1 aromatic rings. The molecular weight excluding hydrogens is 214 g/mol. The van der Waals surface area contributed by atoms with Gasteiger partial charge in [0.05, 0.1) is 12.7 Å². The molecule has 0 saturated carbocycles. The number of hydrogen-bond donors (Lipinski definition) is 3. The minimum absolute atomic E-state index is 0.214. The lowest BCUT2D eigenvalue weighted by Crippen LogP contribution is -2.34. The fourth-order valence-corrected chi connectivity index (χ4v) is 1.03. The molecule has 0 aliphatic rings. The van der Waals surface area contributed by atoms with E-state index in [1.165, 1.54) is 10.9 Å². The highest BCUT2D eigenvalue weighted by atomic mass is 16.4. The zero-order chi connectivity index (χ0) is 12.0. The highest BCUT2D eigenvalue weighted by Gasteiger charge is 2.05. The predicted octanol–water partition coefficient (Wildman–Crippen LogP) is -0.818. The van der Waals surface area contributed by atoms with Crippen LogP contribution in [0, 0.1) is 0 Å². The van der Waals surface area contributed by atoms with E-state index >= 15 is 0 Å². The van der Waals surface area contributed by atoms with E-state index in [4.69, 9.17) is 5.11 Å². The highest BCUT2D eigenvalue weighted by molar-refractivity contribution is 5.73. The number of carboxylic acids is 1. The van der Waals surface area contributed by atoms with Crippen LogP contribution in [-0.4, -0.2) is 38.6 Å². The lowest BCUT2D eigenvalue weighted by Gasteiger charge is -2.02. The van der Waals surface area contributed by atoms with Crippen molar-refractivity contribution in [2.45, 2.75) is 20.0 Å². The third-order valence-corrected chi connectivity index (χ3v) is 1.65. The first kappa shape index (κ1) is 12.0. The van der Waals surface area contributed by atoms with Gasteiger partial charge in [0.2, 0.25) is 0 Å². The summed E-state index contributed by atoms with van der Waals surface area (Å²) in [5.41, 5.74) is 0.507. The molecule has 88 valence electrons. The number of carbonyl (C=O) groups is 2. The first-order valence-corrected chi connectivity index (χ1v) is 4.74. The van der Waals surface area contributed by atoms with Gasteiger partial charge in [-0.1, -0.05) is 5.21 Å². The summed E-state index contributed by atoms with van der Waals surface area (Å²) in [6.45, 7) is 2.32. The van der Waals surface area contributed by atoms with Crippen LogP contribution < -0.4 is 10.6 Å². The standard InChI is InChI=1S/C8H13N5O3/c1-2-9-8(16)10-3-6-4-13(12-11-6)5-7(14)15/h4H,2-3,5H2,1H3,(H,14,15)(H2,9,10,16). The normalized spacial score (nSPS) is 9.81. The van der Waals surface area contributed by atoms with Gasteiger partial charge in [-0.05, 0) is 6.92 Å². The molecule has 0 saturated heterocycles. The summed E-state index contributed by atoms with van der Waals surface area (Å²) in [6.07, 6.45) is 1.47. The molecule has 1 rings (SSSR count). The number of rotatable bonds is 5. The molecule has 0 unspecified atom stereocenters. The van der Waals surface area contributed by atoms with Crippen LogP contribution in [0.15, 0.2) is 6.20 Å². The number of nitrogens with one attached hydrogen (secondary N) is 2. The number of aromatic nitrogens is 3. The maximum absolute atomic E-state index is 11.0. The number of carbonyl (C=O) groups excluding carboxylic acids is 1. The summed E-state index contributed by atoms with van der Waals surface area (Å²) in [4.78, 5) is 21.4. The Morgan fingerprint density at radius 2 is 2.25 bits per heavy atom. The van der Waals surface area contributed by atoms with Crippen LogP contribution in [0.5, 0.6) is 0 Å². The topological polar surface area (TPSA) is 109 Å². The molecule has 0 aliphatic heterocycles. The van der Waals surface area contributed by atoms with Crippen LogP contribution in [0.2, 0.25) is 0 Å². The fourth-order valence-electron chi connectivity index (χ4n) is 1.03. The Morgan fingerprint density at radius 3 is 2.88 bits per heavy atom. The van der Waals surface area contributed by atoms with Gasteiger partial charge in [0.15, 0.2) is 0 Å². The Hall–Kier alpha value is -2.12. The SMILES string of the molecule is CCNC(=O)NCc1cn(CC(=O)O)nn1. The van der Waals surface area contributed by atoms with Crippen LogP contribution in [-0.2, 0) is 17.9 Å². The van der Waals surface area contributed by atoms with Gasteiger partial charge in [0, 0.05) is 6.54 Å². The van der Waals surface area contributed by atoms with Crippen molar-refractivity contribution in [1.29, 1.82) is 0 Å². The second-order valence-electron chi connectivity index (χ2n) is 3.01. The first-order valence-electron chi connectivity index (χ1n) is 4.74. The molecule has 0 fully saturated rings. The van der Waals surface area contributed by atoms with E-state index in [-0.39, 0.29) is 19.1 Å². The zero-order valence-electron chi connectivity index (χ0n) is 8.80. The van der Waals surface area contributed by atoms with Crippen molar-refractivity contribution in [3.8, 4) is 0 Å². The van der Waals surface area contributed by atoms with Gasteiger partial charge in [0.1, 0.15) is 12.2 Å². The van der Waals surface area contributed by atoms with Crippen LogP contribution in [0.3, 0.4) is 0 Å². The van der Waals surface area contributed by atoms with Crippen molar-refractivity contribution in [1.82, 2.24) is 25.6 Å². The van der Waals surface area contributed by atoms with Crippen LogP contribution >= 0.6 is 0 Å². The van der Waals surface area contributed by atoms with E-state index in [9.17, 15) is 9.59 Å². The number of nitrogens with zero attached hydrogens (tertiary/aromatic N) is 3. The summed E-state index contributed by atoms with van der Waals surface area (Å²) in [6, 6.07) is -0.296. The lowest BCUT2D eigenvalue weighted by molar-refractivity contribution is -0.137. The average molecular weight is 227 g/mol. The Balaban J connectivity index is 2.40. The summed E-state index contributed by atoms with van der Waals surface area (Å²) < 4.78 is 1.19. The van der Waals surface area contributed by atoms with Crippen molar-refractivity contribution < 1.29 is 14.7 Å². The van der Waals surface area contributed by atoms with Gasteiger partial charge in [-0.25, -0.2) is 9.48 Å². The Morgan fingerprint density at radius 1 is 1.50 bits per heavy atom. The minimum atomic E-state index is -0.992. The molecule has 2 amide bonds. The summed E-state index contributed by atoms with van der Waals surface area (Å²) in [5, 5.41) is 20.9.